The van der Waals surface area contributed by atoms with Crippen molar-refractivity contribution < 1.29 is 4.79 Å². The lowest BCUT2D eigenvalue weighted by Gasteiger charge is -2.26. The minimum atomic E-state index is -0.100. The lowest BCUT2D eigenvalue weighted by Crippen LogP contribution is -2.38. The fourth-order valence-electron chi connectivity index (χ4n) is 1.71. The molecule has 0 saturated carbocycles. The summed E-state index contributed by atoms with van der Waals surface area (Å²) >= 11 is 3.41. The van der Waals surface area contributed by atoms with Crippen LogP contribution in [-0.4, -0.2) is 11.9 Å². The smallest absolute Gasteiger partial charge is 0.246 e. The molecule has 2 rings (SSSR count). The van der Waals surface area contributed by atoms with Crippen molar-refractivity contribution in [1.82, 2.24) is 0 Å². The quantitative estimate of drug-likeness (QED) is 0.866. The summed E-state index contributed by atoms with van der Waals surface area (Å²) in [6.07, 6.45) is 1.85. The average molecular weight is 269 g/mol. The second-order valence-electron chi connectivity index (χ2n) is 3.66. The van der Waals surface area contributed by atoms with Gasteiger partial charge >= 0.3 is 0 Å². The van der Waals surface area contributed by atoms with Gasteiger partial charge in [0.05, 0.1) is 11.4 Å². The Bertz CT molecular complexity index is 392. The molecule has 0 spiro atoms. The second kappa shape index (κ2) is 4.23. The molecule has 4 heteroatoms. The van der Waals surface area contributed by atoms with E-state index in [1.807, 2.05) is 18.2 Å². The van der Waals surface area contributed by atoms with Gasteiger partial charge in [-0.3, -0.25) is 4.79 Å². The van der Waals surface area contributed by atoms with Crippen LogP contribution in [0.25, 0.3) is 0 Å². The van der Waals surface area contributed by atoms with E-state index < -0.39 is 0 Å². The third kappa shape index (κ3) is 2.15. The molecule has 0 aliphatic carbocycles. The Morgan fingerprint density at radius 3 is 2.93 bits per heavy atom. The minimum Gasteiger partial charge on any atom is -0.372 e. The topological polar surface area (TPSA) is 41.1 Å². The van der Waals surface area contributed by atoms with Gasteiger partial charge in [-0.25, -0.2) is 0 Å². The number of carbonyl (C=O) groups excluding carboxylic acids is 1. The number of benzene rings is 1. The highest BCUT2D eigenvalue weighted by Gasteiger charge is 2.24. The summed E-state index contributed by atoms with van der Waals surface area (Å²) in [6.45, 7) is 2.07. The molecule has 0 saturated heterocycles. The van der Waals surface area contributed by atoms with Crippen molar-refractivity contribution in [2.75, 3.05) is 10.6 Å². The van der Waals surface area contributed by atoms with Crippen LogP contribution in [0.2, 0.25) is 0 Å². The van der Waals surface area contributed by atoms with Crippen molar-refractivity contribution in [2.24, 2.45) is 0 Å². The first kappa shape index (κ1) is 10.5. The number of hydrogen-bond acceptors (Lipinski definition) is 2. The molecule has 1 amide bonds. The molecule has 0 radical (unpaired) electrons. The minimum absolute atomic E-state index is 0.0617. The van der Waals surface area contributed by atoms with Crippen LogP contribution in [0.4, 0.5) is 11.4 Å². The van der Waals surface area contributed by atoms with Crippen molar-refractivity contribution >= 4 is 33.2 Å². The van der Waals surface area contributed by atoms with Gasteiger partial charge in [0, 0.05) is 4.47 Å². The summed E-state index contributed by atoms with van der Waals surface area (Å²) in [5.74, 6) is 0.0617. The molecule has 15 heavy (non-hydrogen) atoms. The highest BCUT2D eigenvalue weighted by molar-refractivity contribution is 9.10. The van der Waals surface area contributed by atoms with Gasteiger partial charge in [0.15, 0.2) is 0 Å². The maximum atomic E-state index is 11.6. The molecule has 1 unspecified atom stereocenters. The van der Waals surface area contributed by atoms with Crippen molar-refractivity contribution in [1.29, 1.82) is 0 Å². The summed E-state index contributed by atoms with van der Waals surface area (Å²) in [6, 6.07) is 5.70. The molecular formula is C11H13BrN2O. The zero-order valence-corrected chi connectivity index (χ0v) is 10.1. The van der Waals surface area contributed by atoms with Crippen LogP contribution in [0.1, 0.15) is 19.8 Å². The zero-order chi connectivity index (χ0) is 10.8. The number of amides is 1. The van der Waals surface area contributed by atoms with Crippen LogP contribution < -0.4 is 10.6 Å². The van der Waals surface area contributed by atoms with E-state index in [1.54, 1.807) is 0 Å². The van der Waals surface area contributed by atoms with Gasteiger partial charge in [-0.05, 0) is 24.6 Å². The number of fused-ring (bicyclic) bond motifs is 1. The highest BCUT2D eigenvalue weighted by Crippen LogP contribution is 2.30. The molecular weight excluding hydrogens is 256 g/mol. The highest BCUT2D eigenvalue weighted by atomic mass is 79.9. The molecule has 2 N–H and O–H groups in total. The summed E-state index contributed by atoms with van der Waals surface area (Å²) in [5, 5.41) is 6.15. The van der Waals surface area contributed by atoms with Gasteiger partial charge in [0.1, 0.15) is 6.04 Å². The lowest BCUT2D eigenvalue weighted by atomic mass is 10.1. The summed E-state index contributed by atoms with van der Waals surface area (Å²) in [7, 11) is 0. The van der Waals surface area contributed by atoms with Crippen LogP contribution in [0, 0.1) is 0 Å². The van der Waals surface area contributed by atoms with Crippen LogP contribution in [0.15, 0.2) is 22.7 Å². The third-order valence-corrected chi connectivity index (χ3v) is 2.96. The summed E-state index contributed by atoms with van der Waals surface area (Å²) in [5.41, 5.74) is 1.85. The Labute approximate surface area is 97.4 Å². The largest absolute Gasteiger partial charge is 0.372 e. The van der Waals surface area contributed by atoms with Crippen molar-refractivity contribution in [3.63, 3.8) is 0 Å². The Hall–Kier alpha value is -1.03. The van der Waals surface area contributed by atoms with E-state index in [0.29, 0.717) is 0 Å². The standard InChI is InChI=1S/C11H13BrN2O/c1-2-3-9-11(15)14-8-5-4-7(12)6-10(8)13-9/h4-6,9,13H,2-3H2,1H3,(H,14,15). The molecule has 3 nitrogen and oxygen atoms in total. The Morgan fingerprint density at radius 1 is 1.40 bits per heavy atom. The fourth-order valence-corrected chi connectivity index (χ4v) is 2.07. The number of hydrogen-bond donors (Lipinski definition) is 2. The van der Waals surface area contributed by atoms with Gasteiger partial charge in [-0.2, -0.15) is 0 Å². The van der Waals surface area contributed by atoms with Crippen molar-refractivity contribution in [3.05, 3.63) is 22.7 Å². The second-order valence-corrected chi connectivity index (χ2v) is 4.58. The predicted octanol–water partition coefficient (Wildman–Crippen LogP) is 2.98. The van der Waals surface area contributed by atoms with Crippen LogP contribution in [0.5, 0.6) is 0 Å². The maximum Gasteiger partial charge on any atom is 0.246 e. The monoisotopic (exact) mass is 268 g/mol. The van der Waals surface area contributed by atoms with Gasteiger partial charge < -0.3 is 10.6 Å². The number of halogens is 1. The Balaban J connectivity index is 2.26. The predicted molar refractivity (Wildman–Crippen MR) is 65.1 cm³/mol. The van der Waals surface area contributed by atoms with E-state index >= 15 is 0 Å². The maximum absolute atomic E-state index is 11.6. The molecule has 80 valence electrons. The average Bonchev–Trinajstić information content (AvgIpc) is 2.20. The summed E-state index contributed by atoms with van der Waals surface area (Å²) < 4.78 is 1.01. The van der Waals surface area contributed by atoms with Crippen LogP contribution in [0.3, 0.4) is 0 Å². The molecule has 1 aliphatic rings. The number of nitrogens with one attached hydrogen (secondary N) is 2. The number of anilines is 2. The SMILES string of the molecule is CCCC1Nc2cc(Br)ccc2NC1=O. The van der Waals surface area contributed by atoms with E-state index in [1.165, 1.54) is 0 Å². The van der Waals surface area contributed by atoms with E-state index in [4.69, 9.17) is 0 Å². The first-order chi connectivity index (χ1) is 7.20. The van der Waals surface area contributed by atoms with E-state index in [9.17, 15) is 4.79 Å². The van der Waals surface area contributed by atoms with E-state index in [0.717, 1.165) is 28.7 Å². The number of rotatable bonds is 2. The molecule has 0 fully saturated rings. The van der Waals surface area contributed by atoms with Gasteiger partial charge in [-0.15, -0.1) is 0 Å². The first-order valence-electron chi connectivity index (χ1n) is 5.07. The van der Waals surface area contributed by atoms with E-state index in [2.05, 4.69) is 33.5 Å². The number of carbonyl (C=O) groups is 1. The van der Waals surface area contributed by atoms with Gasteiger partial charge in [0.25, 0.3) is 0 Å². The molecule has 0 aromatic heterocycles. The van der Waals surface area contributed by atoms with Crippen molar-refractivity contribution in [3.8, 4) is 0 Å². The third-order valence-electron chi connectivity index (χ3n) is 2.46. The van der Waals surface area contributed by atoms with Crippen LogP contribution in [-0.2, 0) is 4.79 Å². The van der Waals surface area contributed by atoms with Crippen molar-refractivity contribution in [2.45, 2.75) is 25.8 Å². The normalized spacial score (nSPS) is 19.1. The van der Waals surface area contributed by atoms with E-state index in [-0.39, 0.29) is 11.9 Å². The Kier molecular flexibility index (Phi) is 2.95. The molecule has 1 aliphatic heterocycles. The lowest BCUT2D eigenvalue weighted by molar-refractivity contribution is -0.117. The molecule has 1 atom stereocenters. The molecule has 1 aromatic rings. The molecule has 0 bridgehead atoms. The van der Waals surface area contributed by atoms with Crippen LogP contribution >= 0.6 is 15.9 Å². The van der Waals surface area contributed by atoms with Gasteiger partial charge in [-0.1, -0.05) is 29.3 Å². The van der Waals surface area contributed by atoms with Gasteiger partial charge in [0.2, 0.25) is 5.91 Å². The first-order valence-corrected chi connectivity index (χ1v) is 5.87. The Morgan fingerprint density at radius 2 is 2.20 bits per heavy atom. The molecule has 1 aromatic carbocycles. The zero-order valence-electron chi connectivity index (χ0n) is 8.51. The summed E-state index contributed by atoms with van der Waals surface area (Å²) in [4.78, 5) is 11.6. The fraction of sp³-hybridized carbons (Fsp3) is 0.364. The molecule has 1 heterocycles.